The van der Waals surface area contributed by atoms with E-state index in [4.69, 9.17) is 4.74 Å². The summed E-state index contributed by atoms with van der Waals surface area (Å²) in [5.41, 5.74) is 0. The Bertz CT molecular complexity index is 352. The summed E-state index contributed by atoms with van der Waals surface area (Å²) in [7, 11) is 1.58. The van der Waals surface area contributed by atoms with Gasteiger partial charge in [0, 0.05) is 25.6 Å². The van der Waals surface area contributed by atoms with Crippen LogP contribution in [0.2, 0.25) is 0 Å². The van der Waals surface area contributed by atoms with Crippen LogP contribution in [0.3, 0.4) is 0 Å². The molecule has 1 saturated heterocycles. The first-order chi connectivity index (χ1) is 7.31. The quantitative estimate of drug-likeness (QED) is 0.855. The lowest BCUT2D eigenvalue weighted by Crippen LogP contribution is -2.48. The summed E-state index contributed by atoms with van der Waals surface area (Å²) < 4.78 is 5.09. The zero-order valence-electron chi connectivity index (χ0n) is 8.99. The van der Waals surface area contributed by atoms with E-state index in [1.165, 1.54) is 11.3 Å². The van der Waals surface area contributed by atoms with Crippen molar-refractivity contribution < 1.29 is 9.53 Å². The Morgan fingerprint density at radius 2 is 2.44 bits per heavy atom. The monoisotopic (exact) mass is 262 g/mol. The van der Waals surface area contributed by atoms with E-state index in [2.05, 4.69) is 10.6 Å². The molecule has 1 aliphatic rings. The molecule has 4 nitrogen and oxygen atoms in total. The molecule has 2 N–H and O–H groups in total. The molecule has 90 valence electrons. The van der Waals surface area contributed by atoms with Crippen molar-refractivity contribution in [1.29, 1.82) is 0 Å². The Balaban J connectivity index is 0.00000128. The fourth-order valence-corrected chi connectivity index (χ4v) is 2.21. The molecule has 6 heteroatoms. The third kappa shape index (κ3) is 2.87. The van der Waals surface area contributed by atoms with Crippen LogP contribution in [0.25, 0.3) is 0 Å². The second-order valence-corrected chi connectivity index (χ2v) is 4.47. The van der Waals surface area contributed by atoms with Gasteiger partial charge in [-0.1, -0.05) is 0 Å². The lowest BCUT2D eigenvalue weighted by molar-refractivity contribution is 0.0943. The van der Waals surface area contributed by atoms with E-state index in [-0.39, 0.29) is 18.3 Å². The predicted molar refractivity (Wildman–Crippen MR) is 66.8 cm³/mol. The van der Waals surface area contributed by atoms with Gasteiger partial charge >= 0.3 is 0 Å². The molecule has 0 spiro atoms. The highest BCUT2D eigenvalue weighted by Crippen LogP contribution is 2.23. The minimum Gasteiger partial charge on any atom is -0.495 e. The summed E-state index contributed by atoms with van der Waals surface area (Å²) in [6.45, 7) is 2.75. The summed E-state index contributed by atoms with van der Waals surface area (Å²) in [5, 5.41) is 7.94. The van der Waals surface area contributed by atoms with Crippen molar-refractivity contribution in [2.24, 2.45) is 5.92 Å². The molecule has 2 rings (SSSR count). The summed E-state index contributed by atoms with van der Waals surface area (Å²) in [6, 6.07) is 1.81. The number of halogens is 1. The molecule has 0 bridgehead atoms. The molecule has 1 aromatic rings. The standard InChI is InChI=1S/C10H14N2O2S.ClH/c1-14-8-2-3-15-9(8)10(13)12-6-7-4-11-5-7;/h2-3,7,11H,4-6H2,1H3,(H,12,13);1H. The van der Waals surface area contributed by atoms with Gasteiger partial charge in [-0.05, 0) is 11.4 Å². The topological polar surface area (TPSA) is 50.4 Å². The number of carbonyl (C=O) groups is 1. The fraction of sp³-hybridized carbons (Fsp3) is 0.500. The van der Waals surface area contributed by atoms with Crippen LogP contribution >= 0.6 is 23.7 Å². The van der Waals surface area contributed by atoms with E-state index in [0.29, 0.717) is 16.5 Å². The largest absolute Gasteiger partial charge is 0.495 e. The highest BCUT2D eigenvalue weighted by atomic mass is 35.5. The third-order valence-corrected chi connectivity index (χ3v) is 3.37. The van der Waals surface area contributed by atoms with Gasteiger partial charge in [0.25, 0.3) is 5.91 Å². The van der Waals surface area contributed by atoms with Crippen LogP contribution in [0.1, 0.15) is 9.67 Å². The van der Waals surface area contributed by atoms with Crippen molar-refractivity contribution in [1.82, 2.24) is 10.6 Å². The van der Waals surface area contributed by atoms with E-state index in [0.717, 1.165) is 19.6 Å². The average Bonchev–Trinajstić information content (AvgIpc) is 2.62. The van der Waals surface area contributed by atoms with Crippen molar-refractivity contribution in [3.05, 3.63) is 16.3 Å². The number of methoxy groups -OCH3 is 1. The summed E-state index contributed by atoms with van der Waals surface area (Å²) in [6.07, 6.45) is 0. The van der Waals surface area contributed by atoms with Crippen LogP contribution < -0.4 is 15.4 Å². The van der Waals surface area contributed by atoms with E-state index in [9.17, 15) is 4.79 Å². The van der Waals surface area contributed by atoms with Crippen LogP contribution in [-0.4, -0.2) is 32.7 Å². The number of thiophene rings is 1. The summed E-state index contributed by atoms with van der Waals surface area (Å²) in [4.78, 5) is 12.4. The molecule has 1 amide bonds. The van der Waals surface area contributed by atoms with Crippen LogP contribution in [0.15, 0.2) is 11.4 Å². The van der Waals surface area contributed by atoms with Crippen molar-refractivity contribution in [2.45, 2.75) is 0 Å². The number of hydrogen-bond acceptors (Lipinski definition) is 4. The molecule has 2 heterocycles. The molecule has 0 unspecified atom stereocenters. The van der Waals surface area contributed by atoms with Gasteiger partial charge in [0.2, 0.25) is 0 Å². The highest BCUT2D eigenvalue weighted by Gasteiger charge is 2.19. The maximum absolute atomic E-state index is 11.7. The first-order valence-electron chi connectivity index (χ1n) is 4.91. The van der Waals surface area contributed by atoms with Crippen molar-refractivity contribution in [3.8, 4) is 5.75 Å². The Labute approximate surface area is 105 Å². The first-order valence-corrected chi connectivity index (χ1v) is 5.79. The van der Waals surface area contributed by atoms with E-state index >= 15 is 0 Å². The van der Waals surface area contributed by atoms with Gasteiger partial charge in [0.05, 0.1) is 7.11 Å². The molecular weight excluding hydrogens is 248 g/mol. The van der Waals surface area contributed by atoms with E-state index in [1.807, 2.05) is 11.4 Å². The van der Waals surface area contributed by atoms with Gasteiger partial charge in [-0.15, -0.1) is 23.7 Å². The van der Waals surface area contributed by atoms with Crippen LogP contribution in [0, 0.1) is 5.92 Å². The van der Waals surface area contributed by atoms with Crippen LogP contribution in [0.4, 0.5) is 0 Å². The predicted octanol–water partition coefficient (Wildman–Crippen LogP) is 1.13. The number of nitrogens with one attached hydrogen (secondary N) is 2. The smallest absolute Gasteiger partial charge is 0.265 e. The molecule has 0 atom stereocenters. The van der Waals surface area contributed by atoms with Crippen LogP contribution in [0.5, 0.6) is 5.75 Å². The molecule has 1 aromatic heterocycles. The average molecular weight is 263 g/mol. The number of ether oxygens (including phenoxy) is 1. The van der Waals surface area contributed by atoms with Crippen molar-refractivity contribution in [3.63, 3.8) is 0 Å². The van der Waals surface area contributed by atoms with Gasteiger partial charge in [-0.3, -0.25) is 4.79 Å². The second-order valence-electron chi connectivity index (χ2n) is 3.55. The number of amides is 1. The van der Waals surface area contributed by atoms with Gasteiger partial charge in [0.15, 0.2) is 0 Å². The van der Waals surface area contributed by atoms with Crippen molar-refractivity contribution >= 4 is 29.7 Å². The molecule has 1 aliphatic heterocycles. The summed E-state index contributed by atoms with van der Waals surface area (Å²) in [5.74, 6) is 1.21. The normalized spacial score (nSPS) is 14.8. The Hall–Kier alpha value is -0.780. The molecule has 0 aliphatic carbocycles. The number of rotatable bonds is 4. The number of hydrogen-bond donors (Lipinski definition) is 2. The van der Waals surface area contributed by atoms with Crippen molar-refractivity contribution in [2.75, 3.05) is 26.7 Å². The molecule has 16 heavy (non-hydrogen) atoms. The molecule has 0 aromatic carbocycles. The van der Waals surface area contributed by atoms with E-state index < -0.39 is 0 Å². The minimum atomic E-state index is -0.0336. The maximum atomic E-state index is 11.7. The van der Waals surface area contributed by atoms with Gasteiger partial charge in [-0.2, -0.15) is 0 Å². The van der Waals surface area contributed by atoms with E-state index in [1.54, 1.807) is 7.11 Å². The lowest BCUT2D eigenvalue weighted by Gasteiger charge is -2.26. The van der Waals surface area contributed by atoms with Gasteiger partial charge < -0.3 is 15.4 Å². The van der Waals surface area contributed by atoms with Gasteiger partial charge in [0.1, 0.15) is 10.6 Å². The molecular formula is C10H15ClN2O2S. The zero-order chi connectivity index (χ0) is 10.7. The Kier molecular flexibility index (Phi) is 5.05. The molecule has 1 fully saturated rings. The number of carbonyl (C=O) groups excluding carboxylic acids is 1. The minimum absolute atomic E-state index is 0. The zero-order valence-corrected chi connectivity index (χ0v) is 10.6. The fourth-order valence-electron chi connectivity index (χ4n) is 1.43. The molecule has 0 radical (unpaired) electrons. The highest BCUT2D eigenvalue weighted by molar-refractivity contribution is 7.12. The SMILES string of the molecule is COc1ccsc1C(=O)NCC1CNC1.Cl. The Morgan fingerprint density at radius 1 is 1.69 bits per heavy atom. The lowest BCUT2D eigenvalue weighted by atomic mass is 10.0. The van der Waals surface area contributed by atoms with Crippen LogP contribution in [-0.2, 0) is 0 Å². The second kappa shape index (κ2) is 6.08. The Morgan fingerprint density at radius 3 is 3.00 bits per heavy atom. The third-order valence-electron chi connectivity index (χ3n) is 2.47. The summed E-state index contributed by atoms with van der Waals surface area (Å²) >= 11 is 1.41. The van der Waals surface area contributed by atoms with Gasteiger partial charge in [-0.25, -0.2) is 0 Å². The maximum Gasteiger partial charge on any atom is 0.265 e. The first kappa shape index (κ1) is 13.3. The molecule has 0 saturated carbocycles.